The van der Waals surface area contributed by atoms with Crippen molar-refractivity contribution in [3.8, 4) is 0 Å². The van der Waals surface area contributed by atoms with Crippen LogP contribution in [0.4, 0.5) is 4.39 Å². The van der Waals surface area contributed by atoms with Crippen LogP contribution in [0.5, 0.6) is 0 Å². The minimum atomic E-state index is -0.801. The summed E-state index contributed by atoms with van der Waals surface area (Å²) in [6, 6.07) is 0. The number of hydrogen-bond acceptors (Lipinski definition) is 0. The van der Waals surface area contributed by atoms with Crippen LogP contribution in [0.15, 0.2) is 0 Å². The zero-order valence-electron chi connectivity index (χ0n) is 13.1. The van der Waals surface area contributed by atoms with Gasteiger partial charge in [0.1, 0.15) is 5.67 Å². The third-order valence-corrected chi connectivity index (χ3v) is 5.88. The summed E-state index contributed by atoms with van der Waals surface area (Å²) < 4.78 is 14.5. The van der Waals surface area contributed by atoms with E-state index in [2.05, 4.69) is 13.8 Å². The Labute approximate surface area is 119 Å². The second-order valence-electron chi connectivity index (χ2n) is 7.31. The van der Waals surface area contributed by atoms with Crippen molar-refractivity contribution in [1.82, 2.24) is 0 Å². The van der Waals surface area contributed by atoms with Gasteiger partial charge in [-0.2, -0.15) is 0 Å². The summed E-state index contributed by atoms with van der Waals surface area (Å²) >= 11 is 0. The maximum Gasteiger partial charge on any atom is 0.111 e. The topological polar surface area (TPSA) is 0 Å². The van der Waals surface area contributed by atoms with Crippen LogP contribution >= 0.6 is 0 Å². The fourth-order valence-corrected chi connectivity index (χ4v) is 4.68. The zero-order valence-corrected chi connectivity index (χ0v) is 13.1. The molecule has 0 aromatic carbocycles. The fourth-order valence-electron chi connectivity index (χ4n) is 4.68. The van der Waals surface area contributed by atoms with Gasteiger partial charge in [-0.25, -0.2) is 4.39 Å². The molecule has 0 unspecified atom stereocenters. The number of alkyl halides is 1. The molecule has 2 aliphatic carbocycles. The van der Waals surface area contributed by atoms with Gasteiger partial charge in [0, 0.05) is 0 Å². The van der Waals surface area contributed by atoms with E-state index in [1.54, 1.807) is 0 Å². The van der Waals surface area contributed by atoms with Crippen LogP contribution in [0.3, 0.4) is 0 Å². The first kappa shape index (κ1) is 15.3. The molecule has 0 nitrogen and oxygen atoms in total. The van der Waals surface area contributed by atoms with Crippen molar-refractivity contribution in [2.24, 2.45) is 17.8 Å². The molecule has 1 heteroatoms. The summed E-state index contributed by atoms with van der Waals surface area (Å²) in [5, 5.41) is 0. The smallest absolute Gasteiger partial charge is 0.111 e. The highest BCUT2D eigenvalue weighted by Gasteiger charge is 2.37. The van der Waals surface area contributed by atoms with E-state index in [4.69, 9.17) is 0 Å². The number of halogens is 1. The van der Waals surface area contributed by atoms with E-state index in [9.17, 15) is 4.39 Å². The van der Waals surface area contributed by atoms with Gasteiger partial charge >= 0.3 is 0 Å². The molecule has 0 amide bonds. The standard InChI is InChI=1S/C18H33F/c1-3-5-15-6-8-16(9-7-15)17-10-13-18(19,12-4-2)14-11-17/h15-17H,3-14H2,1-2H3. The summed E-state index contributed by atoms with van der Waals surface area (Å²) in [6.45, 7) is 4.42. The van der Waals surface area contributed by atoms with E-state index >= 15 is 0 Å². The molecular weight excluding hydrogens is 235 g/mol. The Morgan fingerprint density at radius 3 is 1.95 bits per heavy atom. The van der Waals surface area contributed by atoms with Crippen LogP contribution in [-0.2, 0) is 0 Å². The van der Waals surface area contributed by atoms with Crippen molar-refractivity contribution in [3.05, 3.63) is 0 Å². The summed E-state index contributed by atoms with van der Waals surface area (Å²) in [5.41, 5.74) is -0.801. The van der Waals surface area contributed by atoms with Crippen molar-refractivity contribution in [2.75, 3.05) is 0 Å². The Balaban J connectivity index is 1.73. The van der Waals surface area contributed by atoms with Gasteiger partial charge < -0.3 is 0 Å². The van der Waals surface area contributed by atoms with E-state index in [-0.39, 0.29) is 0 Å². The first-order valence-corrected chi connectivity index (χ1v) is 8.85. The molecular formula is C18H33F. The average Bonchev–Trinajstić information content (AvgIpc) is 2.41. The molecule has 2 fully saturated rings. The van der Waals surface area contributed by atoms with Crippen LogP contribution in [0, 0.1) is 17.8 Å². The molecule has 0 bridgehead atoms. The van der Waals surface area contributed by atoms with Gasteiger partial charge in [-0.3, -0.25) is 0 Å². The molecule has 0 aromatic heterocycles. The lowest BCUT2D eigenvalue weighted by Crippen LogP contribution is -2.33. The molecule has 2 aliphatic rings. The lowest BCUT2D eigenvalue weighted by atomic mass is 9.67. The van der Waals surface area contributed by atoms with Crippen LogP contribution in [0.2, 0.25) is 0 Å². The van der Waals surface area contributed by atoms with E-state index < -0.39 is 5.67 Å². The monoisotopic (exact) mass is 268 g/mol. The third-order valence-electron chi connectivity index (χ3n) is 5.88. The summed E-state index contributed by atoms with van der Waals surface area (Å²) in [6.07, 6.45) is 14.4. The minimum absolute atomic E-state index is 0.795. The molecule has 2 rings (SSSR count). The molecule has 0 spiro atoms. The predicted octanol–water partition coefficient (Wildman–Crippen LogP) is 6.29. The molecule has 0 atom stereocenters. The largest absolute Gasteiger partial charge is 0.244 e. The van der Waals surface area contributed by atoms with Gasteiger partial charge in [0.2, 0.25) is 0 Å². The van der Waals surface area contributed by atoms with Crippen molar-refractivity contribution >= 4 is 0 Å². The molecule has 0 aromatic rings. The molecule has 2 saturated carbocycles. The van der Waals surface area contributed by atoms with E-state index in [1.807, 2.05) is 0 Å². The van der Waals surface area contributed by atoms with Crippen LogP contribution in [-0.4, -0.2) is 5.67 Å². The normalized spacial score (nSPS) is 40.3. The maximum atomic E-state index is 14.5. The molecule has 0 saturated heterocycles. The highest BCUT2D eigenvalue weighted by molar-refractivity contribution is 4.89. The third kappa shape index (κ3) is 4.20. The van der Waals surface area contributed by atoms with Gasteiger partial charge in [-0.15, -0.1) is 0 Å². The summed E-state index contributed by atoms with van der Waals surface area (Å²) in [5.74, 6) is 2.78. The molecule has 19 heavy (non-hydrogen) atoms. The second-order valence-corrected chi connectivity index (χ2v) is 7.31. The summed E-state index contributed by atoms with van der Waals surface area (Å²) in [7, 11) is 0. The second kappa shape index (κ2) is 7.09. The Morgan fingerprint density at radius 2 is 1.42 bits per heavy atom. The number of rotatable bonds is 5. The summed E-state index contributed by atoms with van der Waals surface area (Å²) in [4.78, 5) is 0. The van der Waals surface area contributed by atoms with Crippen molar-refractivity contribution in [3.63, 3.8) is 0 Å². The average molecular weight is 268 g/mol. The van der Waals surface area contributed by atoms with Crippen LogP contribution in [0.25, 0.3) is 0 Å². The SMILES string of the molecule is CCCC1CCC(C2CCC(F)(CCC)CC2)CC1. The Kier molecular flexibility index (Phi) is 5.71. The lowest BCUT2D eigenvalue weighted by Gasteiger charge is -2.40. The lowest BCUT2D eigenvalue weighted by molar-refractivity contribution is 0.0471. The van der Waals surface area contributed by atoms with Crippen molar-refractivity contribution in [2.45, 2.75) is 96.6 Å². The predicted molar refractivity (Wildman–Crippen MR) is 81.1 cm³/mol. The van der Waals surface area contributed by atoms with Gasteiger partial charge in [0.15, 0.2) is 0 Å². The quantitative estimate of drug-likeness (QED) is 0.549. The first-order chi connectivity index (χ1) is 9.17. The van der Waals surface area contributed by atoms with E-state index in [0.29, 0.717) is 0 Å². The van der Waals surface area contributed by atoms with E-state index in [0.717, 1.165) is 43.4 Å². The molecule has 0 radical (unpaired) electrons. The maximum absolute atomic E-state index is 14.5. The van der Waals surface area contributed by atoms with Gasteiger partial charge in [-0.1, -0.05) is 46.0 Å². The van der Waals surface area contributed by atoms with Crippen molar-refractivity contribution in [1.29, 1.82) is 0 Å². The van der Waals surface area contributed by atoms with Crippen LogP contribution in [0.1, 0.15) is 90.9 Å². The fraction of sp³-hybridized carbons (Fsp3) is 1.00. The van der Waals surface area contributed by atoms with Gasteiger partial charge in [-0.05, 0) is 62.7 Å². The molecule has 0 N–H and O–H groups in total. The minimum Gasteiger partial charge on any atom is -0.244 e. The van der Waals surface area contributed by atoms with Crippen LogP contribution < -0.4 is 0 Å². The molecule has 0 heterocycles. The Bertz CT molecular complexity index is 244. The number of hydrogen-bond donors (Lipinski definition) is 0. The van der Waals surface area contributed by atoms with Gasteiger partial charge in [0.05, 0.1) is 0 Å². The first-order valence-electron chi connectivity index (χ1n) is 8.85. The highest BCUT2D eigenvalue weighted by atomic mass is 19.1. The molecule has 0 aliphatic heterocycles. The molecule has 112 valence electrons. The Morgan fingerprint density at radius 1 is 0.842 bits per heavy atom. The van der Waals surface area contributed by atoms with Gasteiger partial charge in [0.25, 0.3) is 0 Å². The zero-order chi connectivity index (χ0) is 13.7. The Hall–Kier alpha value is -0.0700. The highest BCUT2D eigenvalue weighted by Crippen LogP contribution is 2.45. The van der Waals surface area contributed by atoms with Crippen molar-refractivity contribution < 1.29 is 4.39 Å². The van der Waals surface area contributed by atoms with E-state index in [1.165, 1.54) is 51.4 Å².